The highest BCUT2D eigenvalue weighted by atomic mass is 16.5. The molecule has 0 saturated carbocycles. The SMILES string of the molecule is C=CC(=O)OCC(CCO)CCCC. The molecule has 1 unspecified atom stereocenters. The average molecular weight is 200 g/mol. The lowest BCUT2D eigenvalue weighted by Gasteiger charge is -2.14. The summed E-state index contributed by atoms with van der Waals surface area (Å²) in [7, 11) is 0. The van der Waals surface area contributed by atoms with E-state index in [0.717, 1.165) is 25.3 Å². The van der Waals surface area contributed by atoms with Gasteiger partial charge in [-0.3, -0.25) is 0 Å². The van der Waals surface area contributed by atoms with Gasteiger partial charge in [-0.05, 0) is 18.8 Å². The zero-order valence-corrected chi connectivity index (χ0v) is 8.87. The Morgan fingerprint density at radius 3 is 2.79 bits per heavy atom. The summed E-state index contributed by atoms with van der Waals surface area (Å²) in [6.07, 6.45) is 5.09. The highest BCUT2D eigenvalue weighted by Gasteiger charge is 2.09. The van der Waals surface area contributed by atoms with Crippen LogP contribution in [0, 0.1) is 5.92 Å². The molecule has 0 bridgehead atoms. The molecule has 3 heteroatoms. The zero-order valence-electron chi connectivity index (χ0n) is 8.87. The van der Waals surface area contributed by atoms with Gasteiger partial charge >= 0.3 is 5.97 Å². The van der Waals surface area contributed by atoms with Crippen LogP contribution in [-0.4, -0.2) is 24.3 Å². The Balaban J connectivity index is 3.71. The van der Waals surface area contributed by atoms with E-state index in [4.69, 9.17) is 9.84 Å². The predicted molar refractivity (Wildman–Crippen MR) is 55.9 cm³/mol. The number of hydrogen-bond acceptors (Lipinski definition) is 3. The largest absolute Gasteiger partial charge is 0.462 e. The number of unbranched alkanes of at least 4 members (excludes halogenated alkanes) is 1. The Labute approximate surface area is 85.8 Å². The Kier molecular flexibility index (Phi) is 8.24. The van der Waals surface area contributed by atoms with Crippen molar-refractivity contribution in [3.05, 3.63) is 12.7 Å². The molecule has 3 nitrogen and oxygen atoms in total. The van der Waals surface area contributed by atoms with Gasteiger partial charge in [0.05, 0.1) is 6.61 Å². The van der Waals surface area contributed by atoms with Crippen LogP contribution in [0.2, 0.25) is 0 Å². The van der Waals surface area contributed by atoms with Crippen molar-refractivity contribution in [1.82, 2.24) is 0 Å². The van der Waals surface area contributed by atoms with E-state index in [1.54, 1.807) is 0 Å². The van der Waals surface area contributed by atoms with Gasteiger partial charge in [0.2, 0.25) is 0 Å². The molecule has 82 valence electrons. The van der Waals surface area contributed by atoms with E-state index in [9.17, 15) is 4.79 Å². The van der Waals surface area contributed by atoms with Crippen molar-refractivity contribution in [1.29, 1.82) is 0 Å². The van der Waals surface area contributed by atoms with Crippen molar-refractivity contribution >= 4 is 5.97 Å². The molecule has 0 spiro atoms. The van der Waals surface area contributed by atoms with Crippen molar-refractivity contribution < 1.29 is 14.6 Å². The Hall–Kier alpha value is -0.830. The molecule has 1 atom stereocenters. The standard InChI is InChI=1S/C11H20O3/c1-3-5-6-10(7-8-12)9-14-11(13)4-2/h4,10,12H,2-3,5-9H2,1H3. The smallest absolute Gasteiger partial charge is 0.330 e. The second kappa shape index (κ2) is 8.75. The molecular weight excluding hydrogens is 180 g/mol. The first-order valence-electron chi connectivity index (χ1n) is 5.14. The predicted octanol–water partition coefficient (Wildman–Crippen LogP) is 1.90. The first-order valence-corrected chi connectivity index (χ1v) is 5.14. The number of ether oxygens (including phenoxy) is 1. The van der Waals surface area contributed by atoms with Crippen molar-refractivity contribution in [3.63, 3.8) is 0 Å². The fraction of sp³-hybridized carbons (Fsp3) is 0.727. The number of aliphatic hydroxyl groups is 1. The van der Waals surface area contributed by atoms with Gasteiger partial charge < -0.3 is 9.84 Å². The van der Waals surface area contributed by atoms with E-state index >= 15 is 0 Å². The molecule has 0 aliphatic carbocycles. The molecule has 0 aromatic rings. The number of esters is 1. The lowest BCUT2D eigenvalue weighted by atomic mass is 10.00. The Morgan fingerprint density at radius 2 is 2.29 bits per heavy atom. The number of carbonyl (C=O) groups is 1. The van der Waals surface area contributed by atoms with Crippen LogP contribution < -0.4 is 0 Å². The third-order valence-electron chi connectivity index (χ3n) is 2.13. The molecule has 0 fully saturated rings. The molecule has 0 heterocycles. The Morgan fingerprint density at radius 1 is 1.57 bits per heavy atom. The maximum Gasteiger partial charge on any atom is 0.330 e. The second-order valence-corrected chi connectivity index (χ2v) is 3.35. The van der Waals surface area contributed by atoms with Crippen LogP contribution in [0.1, 0.15) is 32.6 Å². The molecule has 0 radical (unpaired) electrons. The van der Waals surface area contributed by atoms with Crippen LogP contribution in [0.3, 0.4) is 0 Å². The average Bonchev–Trinajstić information content (AvgIpc) is 2.21. The van der Waals surface area contributed by atoms with Crippen LogP contribution in [-0.2, 0) is 9.53 Å². The summed E-state index contributed by atoms with van der Waals surface area (Å²) >= 11 is 0. The third-order valence-corrected chi connectivity index (χ3v) is 2.13. The fourth-order valence-corrected chi connectivity index (χ4v) is 1.25. The molecule has 0 amide bonds. The molecule has 0 aromatic heterocycles. The van der Waals surface area contributed by atoms with Gasteiger partial charge in [-0.15, -0.1) is 0 Å². The quantitative estimate of drug-likeness (QED) is 0.481. The second-order valence-electron chi connectivity index (χ2n) is 3.35. The van der Waals surface area contributed by atoms with E-state index in [1.165, 1.54) is 0 Å². The molecule has 0 aromatic carbocycles. The maximum atomic E-state index is 10.8. The first-order chi connectivity index (χ1) is 6.74. The first kappa shape index (κ1) is 13.2. The van der Waals surface area contributed by atoms with E-state index in [0.29, 0.717) is 13.0 Å². The van der Waals surface area contributed by atoms with Crippen LogP contribution >= 0.6 is 0 Å². The number of carbonyl (C=O) groups excluding carboxylic acids is 1. The highest BCUT2D eigenvalue weighted by Crippen LogP contribution is 2.12. The number of aliphatic hydroxyl groups excluding tert-OH is 1. The lowest BCUT2D eigenvalue weighted by molar-refractivity contribution is -0.139. The van der Waals surface area contributed by atoms with Gasteiger partial charge in [-0.1, -0.05) is 26.3 Å². The van der Waals surface area contributed by atoms with E-state index < -0.39 is 0 Å². The zero-order chi connectivity index (χ0) is 10.8. The normalized spacial score (nSPS) is 12.1. The van der Waals surface area contributed by atoms with E-state index in [-0.39, 0.29) is 18.5 Å². The monoisotopic (exact) mass is 200 g/mol. The van der Waals surface area contributed by atoms with Crippen LogP contribution in [0.25, 0.3) is 0 Å². The number of hydrogen-bond donors (Lipinski definition) is 1. The van der Waals surface area contributed by atoms with Crippen molar-refractivity contribution in [2.75, 3.05) is 13.2 Å². The van der Waals surface area contributed by atoms with Gasteiger partial charge in [0.25, 0.3) is 0 Å². The molecule has 0 aliphatic heterocycles. The van der Waals surface area contributed by atoms with Gasteiger partial charge in [0, 0.05) is 12.7 Å². The summed E-state index contributed by atoms with van der Waals surface area (Å²) < 4.78 is 4.93. The molecule has 14 heavy (non-hydrogen) atoms. The van der Waals surface area contributed by atoms with E-state index in [1.807, 2.05) is 0 Å². The maximum absolute atomic E-state index is 10.8. The minimum Gasteiger partial charge on any atom is -0.462 e. The fourth-order valence-electron chi connectivity index (χ4n) is 1.25. The topological polar surface area (TPSA) is 46.5 Å². The molecule has 0 rings (SSSR count). The van der Waals surface area contributed by atoms with Gasteiger partial charge in [-0.2, -0.15) is 0 Å². The van der Waals surface area contributed by atoms with Gasteiger partial charge in [-0.25, -0.2) is 4.79 Å². The third kappa shape index (κ3) is 6.66. The number of rotatable bonds is 8. The van der Waals surface area contributed by atoms with Crippen LogP contribution in [0.15, 0.2) is 12.7 Å². The van der Waals surface area contributed by atoms with Crippen LogP contribution in [0.5, 0.6) is 0 Å². The summed E-state index contributed by atoms with van der Waals surface area (Å²) in [4.78, 5) is 10.8. The lowest BCUT2D eigenvalue weighted by Crippen LogP contribution is -2.14. The van der Waals surface area contributed by atoms with Crippen LogP contribution in [0.4, 0.5) is 0 Å². The van der Waals surface area contributed by atoms with Crippen molar-refractivity contribution in [3.8, 4) is 0 Å². The van der Waals surface area contributed by atoms with E-state index in [2.05, 4.69) is 13.5 Å². The molecule has 0 saturated heterocycles. The Bertz CT molecular complexity index is 166. The highest BCUT2D eigenvalue weighted by molar-refractivity contribution is 5.81. The minimum atomic E-state index is -0.385. The minimum absolute atomic E-state index is 0.153. The summed E-state index contributed by atoms with van der Waals surface area (Å²) in [5, 5.41) is 8.80. The summed E-state index contributed by atoms with van der Waals surface area (Å²) in [6.45, 7) is 5.99. The van der Waals surface area contributed by atoms with Crippen molar-refractivity contribution in [2.24, 2.45) is 5.92 Å². The summed E-state index contributed by atoms with van der Waals surface area (Å²) in [5.41, 5.74) is 0. The molecular formula is C11H20O3. The summed E-state index contributed by atoms with van der Waals surface area (Å²) in [5.74, 6) is -0.103. The van der Waals surface area contributed by atoms with Gasteiger partial charge in [0.1, 0.15) is 0 Å². The van der Waals surface area contributed by atoms with Gasteiger partial charge in [0.15, 0.2) is 0 Å². The van der Waals surface area contributed by atoms with Crippen molar-refractivity contribution in [2.45, 2.75) is 32.6 Å². The summed E-state index contributed by atoms with van der Waals surface area (Å²) in [6, 6.07) is 0. The molecule has 1 N–H and O–H groups in total. The molecule has 0 aliphatic rings.